The second-order valence-electron chi connectivity index (χ2n) is 8.45. The third kappa shape index (κ3) is 3.69. The molecule has 4 unspecified atom stereocenters. The maximum atomic E-state index is 2.66. The van der Waals surface area contributed by atoms with Crippen molar-refractivity contribution < 1.29 is 17.0 Å². The van der Waals surface area contributed by atoms with Crippen molar-refractivity contribution in [2.24, 2.45) is 17.8 Å². The molecule has 28 heavy (non-hydrogen) atoms. The van der Waals surface area contributed by atoms with Gasteiger partial charge in [0.25, 0.3) is 0 Å². The lowest BCUT2D eigenvalue weighted by Gasteiger charge is -2.40. The number of para-hydroxylation sites is 1. The summed E-state index contributed by atoms with van der Waals surface area (Å²) in [6.07, 6.45) is 4.01. The van der Waals surface area contributed by atoms with Gasteiger partial charge in [-0.05, 0) is 41.9 Å². The Labute approximate surface area is 181 Å². The lowest BCUT2D eigenvalue weighted by Crippen LogP contribution is -3.00. The Bertz CT molecular complexity index is 806. The Balaban J connectivity index is 0.00000112. The predicted molar refractivity (Wildman–Crippen MR) is 115 cm³/mol. The molecule has 2 aliphatic heterocycles. The van der Waals surface area contributed by atoms with E-state index in [1.165, 1.54) is 44.6 Å². The third-order valence-corrected chi connectivity index (χ3v) is 7.15. The summed E-state index contributed by atoms with van der Waals surface area (Å²) in [6.45, 7) is 3.68. The molecule has 0 spiro atoms. The van der Waals surface area contributed by atoms with E-state index in [9.17, 15) is 0 Å². The molecule has 150 valence electrons. The highest BCUT2D eigenvalue weighted by Gasteiger charge is 2.51. The van der Waals surface area contributed by atoms with Crippen LogP contribution in [-0.2, 0) is 0 Å². The molecular weight excluding hydrogens is 387 g/mol. The monoisotopic (exact) mass is 416 g/mol. The summed E-state index contributed by atoms with van der Waals surface area (Å²) < 4.78 is 2.59. The van der Waals surface area contributed by atoms with Crippen LogP contribution in [0, 0.1) is 17.8 Å². The molecule has 3 aliphatic rings. The van der Waals surface area contributed by atoms with Gasteiger partial charge in [-0.3, -0.25) is 0 Å². The fraction of sp³-hybridized carbons (Fsp3) is 0.458. The molecule has 0 bridgehead atoms. The molecule has 2 fully saturated rings. The zero-order valence-corrected chi connectivity index (χ0v) is 18.1. The van der Waals surface area contributed by atoms with Gasteiger partial charge in [0.15, 0.2) is 5.71 Å². The van der Waals surface area contributed by atoms with Gasteiger partial charge < -0.3 is 17.3 Å². The summed E-state index contributed by atoms with van der Waals surface area (Å²) in [5.74, 6) is 3.04. The number of halogens is 2. The third-order valence-electron chi connectivity index (χ3n) is 7.15. The fourth-order valence-electron chi connectivity index (χ4n) is 5.91. The number of nitrogens with zero attached hydrogens (tertiary/aromatic N) is 2. The highest BCUT2D eigenvalue weighted by molar-refractivity contribution is 5.85. The second kappa shape index (κ2) is 8.88. The Morgan fingerprint density at radius 3 is 2.14 bits per heavy atom. The van der Waals surface area contributed by atoms with Crippen LogP contribution < -0.4 is 17.3 Å². The highest BCUT2D eigenvalue weighted by atomic mass is 35.5. The summed E-state index contributed by atoms with van der Waals surface area (Å²) >= 11 is 0. The van der Waals surface area contributed by atoms with Crippen LogP contribution in [-0.4, -0.2) is 37.0 Å². The minimum absolute atomic E-state index is 0. The molecule has 0 N–H and O–H groups in total. The molecule has 2 nitrogen and oxygen atoms in total. The van der Waals surface area contributed by atoms with Crippen LogP contribution in [0.3, 0.4) is 0 Å². The molecule has 4 heteroatoms. The summed E-state index contributed by atoms with van der Waals surface area (Å²) in [5.41, 5.74) is 4.68. The summed E-state index contributed by atoms with van der Waals surface area (Å²) in [5, 5.41) is 0. The molecule has 2 heterocycles. The van der Waals surface area contributed by atoms with Gasteiger partial charge in [0.2, 0.25) is 0 Å². The van der Waals surface area contributed by atoms with Crippen LogP contribution in [0.4, 0.5) is 5.69 Å². The fourth-order valence-corrected chi connectivity index (χ4v) is 5.91. The average molecular weight is 417 g/mol. The number of benzene rings is 2. The highest BCUT2D eigenvalue weighted by Crippen LogP contribution is 2.49. The normalized spacial score (nSPS) is 28.7. The molecular formula is C24H30Cl2N2. The molecule has 1 saturated heterocycles. The molecule has 1 saturated carbocycles. The first-order chi connectivity index (χ1) is 12.8. The standard InChI is InChI=1S/C24H29N2.2ClH/c1-25-14-8-13-20-22-16-26(19-11-6-3-7-12-19)17-23(22)21(15-24(20)25)18-9-4-2-5-10-18;;/h2-7,9-12,20-23H,8,13-17H2,1H3;2*1H/q+1;;/p-1. The summed E-state index contributed by atoms with van der Waals surface area (Å²) in [4.78, 5) is 2.66. The van der Waals surface area contributed by atoms with E-state index < -0.39 is 0 Å². The molecule has 5 rings (SSSR count). The molecule has 1 aliphatic carbocycles. The van der Waals surface area contributed by atoms with Gasteiger partial charge in [0, 0.05) is 37.5 Å². The van der Waals surface area contributed by atoms with Crippen LogP contribution in [0.15, 0.2) is 60.7 Å². The van der Waals surface area contributed by atoms with Gasteiger partial charge in [-0.1, -0.05) is 48.5 Å². The first-order valence-corrected chi connectivity index (χ1v) is 10.2. The van der Waals surface area contributed by atoms with E-state index in [1.807, 2.05) is 0 Å². The van der Waals surface area contributed by atoms with Crippen LogP contribution in [0.1, 0.15) is 30.7 Å². The summed E-state index contributed by atoms with van der Waals surface area (Å²) in [6, 6.07) is 22.4. The van der Waals surface area contributed by atoms with Crippen LogP contribution in [0.25, 0.3) is 0 Å². The molecule has 2 aromatic rings. The number of hydrogen-bond acceptors (Lipinski definition) is 1. The Morgan fingerprint density at radius 2 is 1.46 bits per heavy atom. The number of rotatable bonds is 2. The smallest absolute Gasteiger partial charge is 0.156 e. The van der Waals surface area contributed by atoms with E-state index in [0.717, 1.165) is 17.8 Å². The maximum absolute atomic E-state index is 2.66. The van der Waals surface area contributed by atoms with Crippen molar-refractivity contribution in [2.45, 2.75) is 25.2 Å². The van der Waals surface area contributed by atoms with Gasteiger partial charge in [-0.15, -0.1) is 12.4 Å². The zero-order chi connectivity index (χ0) is 17.5. The van der Waals surface area contributed by atoms with Crippen molar-refractivity contribution in [2.75, 3.05) is 31.6 Å². The largest absolute Gasteiger partial charge is 1.00 e. The van der Waals surface area contributed by atoms with Gasteiger partial charge in [0.05, 0.1) is 0 Å². The first kappa shape index (κ1) is 21.2. The van der Waals surface area contributed by atoms with Gasteiger partial charge in [-0.2, -0.15) is 0 Å². The Hall–Kier alpha value is -1.51. The van der Waals surface area contributed by atoms with Gasteiger partial charge in [0.1, 0.15) is 13.6 Å². The van der Waals surface area contributed by atoms with Crippen LogP contribution in [0.5, 0.6) is 0 Å². The number of fused-ring (bicyclic) bond motifs is 3. The van der Waals surface area contributed by atoms with E-state index in [0.29, 0.717) is 5.92 Å². The maximum Gasteiger partial charge on any atom is 0.156 e. The van der Waals surface area contributed by atoms with Crippen molar-refractivity contribution in [3.63, 3.8) is 0 Å². The van der Waals surface area contributed by atoms with Gasteiger partial charge >= 0.3 is 0 Å². The van der Waals surface area contributed by atoms with Crippen molar-refractivity contribution in [3.05, 3.63) is 66.2 Å². The Kier molecular flexibility index (Phi) is 6.73. The zero-order valence-electron chi connectivity index (χ0n) is 16.5. The van der Waals surface area contributed by atoms with Crippen molar-refractivity contribution in [1.29, 1.82) is 0 Å². The predicted octanol–water partition coefficient (Wildman–Crippen LogP) is 1.85. The SMILES string of the molecule is C[N+]1=C2CC(c3ccccc3)C3CN(c4ccccc4)CC3C2CCC1.Cl.[Cl-]. The summed E-state index contributed by atoms with van der Waals surface area (Å²) in [7, 11) is 2.33. The first-order valence-electron chi connectivity index (χ1n) is 10.2. The van der Waals surface area contributed by atoms with Gasteiger partial charge in [-0.25, -0.2) is 4.58 Å². The van der Waals surface area contributed by atoms with E-state index in [-0.39, 0.29) is 24.8 Å². The molecule has 0 radical (unpaired) electrons. The second-order valence-corrected chi connectivity index (χ2v) is 8.45. The Morgan fingerprint density at radius 1 is 0.857 bits per heavy atom. The van der Waals surface area contributed by atoms with E-state index in [4.69, 9.17) is 0 Å². The van der Waals surface area contributed by atoms with E-state index in [1.54, 1.807) is 11.3 Å². The van der Waals surface area contributed by atoms with Crippen molar-refractivity contribution in [3.8, 4) is 0 Å². The van der Waals surface area contributed by atoms with Crippen LogP contribution >= 0.6 is 12.4 Å². The topological polar surface area (TPSA) is 6.25 Å². The molecule has 0 amide bonds. The lowest BCUT2D eigenvalue weighted by atomic mass is 9.63. The van der Waals surface area contributed by atoms with E-state index in [2.05, 4.69) is 77.2 Å². The minimum atomic E-state index is 0. The quantitative estimate of drug-likeness (QED) is 0.676. The molecule has 0 aromatic heterocycles. The van der Waals surface area contributed by atoms with Crippen LogP contribution in [0.2, 0.25) is 0 Å². The van der Waals surface area contributed by atoms with Crippen molar-refractivity contribution >= 4 is 23.8 Å². The van der Waals surface area contributed by atoms with Crippen molar-refractivity contribution in [1.82, 2.24) is 0 Å². The number of anilines is 1. The average Bonchev–Trinajstić information content (AvgIpc) is 3.15. The minimum Gasteiger partial charge on any atom is -1.00 e. The number of hydrogen-bond donors (Lipinski definition) is 0. The molecule has 4 atom stereocenters. The van der Waals surface area contributed by atoms with E-state index >= 15 is 0 Å². The lowest BCUT2D eigenvalue weighted by molar-refractivity contribution is -0.507. The molecule has 2 aromatic carbocycles.